The molecule has 0 aliphatic rings. The Kier molecular flexibility index (Phi) is 12.4. The Bertz CT molecular complexity index is 716. The lowest BCUT2D eigenvalue weighted by Gasteiger charge is -2.00. The molecule has 0 aliphatic carbocycles. The largest absolute Gasteiger partial charge is 0.643 e. The van der Waals surface area contributed by atoms with E-state index in [1.54, 1.807) is 24.3 Å². The Labute approximate surface area is 170 Å². The predicted octanol–water partition coefficient (Wildman–Crippen LogP) is 5.51. The summed E-state index contributed by atoms with van der Waals surface area (Å²) in [6, 6.07) is 12.3. The van der Waals surface area contributed by atoms with Gasteiger partial charge in [-0.25, -0.2) is 30.1 Å². The minimum Gasteiger partial charge on any atom is -0.507 e. The number of phenolic OH excluding ortho intramolecular Hbond substituents is 1. The molecule has 0 aromatic heterocycles. The van der Waals surface area contributed by atoms with Crippen molar-refractivity contribution in [2.24, 2.45) is 0 Å². The number of carbonyl (C=O) groups excluding carboxylic acids is 2. The first-order valence-corrected chi connectivity index (χ1v) is 12.7. The number of rotatable bonds is 2. The van der Waals surface area contributed by atoms with Crippen molar-refractivity contribution in [1.29, 1.82) is 0 Å². The highest BCUT2D eigenvalue weighted by Crippen LogP contribution is 2.18. The molecular formula is C18H20AlCl3O4. The van der Waals surface area contributed by atoms with Gasteiger partial charge in [0.05, 0.1) is 5.56 Å². The van der Waals surface area contributed by atoms with E-state index >= 15 is 0 Å². The van der Waals surface area contributed by atoms with Crippen molar-refractivity contribution < 1.29 is 19.4 Å². The summed E-state index contributed by atoms with van der Waals surface area (Å²) in [7, 11) is 14.8. The Morgan fingerprint density at radius 1 is 0.923 bits per heavy atom. The number of aromatic hydroxyl groups is 1. The highest BCUT2D eigenvalue weighted by Gasteiger charge is 2.04. The predicted molar refractivity (Wildman–Crippen MR) is 109 cm³/mol. The van der Waals surface area contributed by atoms with E-state index < -0.39 is 11.4 Å². The van der Waals surface area contributed by atoms with Crippen LogP contribution in [0.2, 0.25) is 0 Å². The second-order valence-electron chi connectivity index (χ2n) is 5.23. The van der Waals surface area contributed by atoms with Crippen molar-refractivity contribution in [2.45, 2.75) is 27.7 Å². The molecule has 0 radical (unpaired) electrons. The topological polar surface area (TPSA) is 63.6 Å². The summed E-state index contributed by atoms with van der Waals surface area (Å²) in [4.78, 5) is 21.3. The zero-order valence-electron chi connectivity index (χ0n) is 14.9. The highest BCUT2D eigenvalue weighted by molar-refractivity contribution is 7.54. The van der Waals surface area contributed by atoms with Gasteiger partial charge in [-0.1, -0.05) is 29.3 Å². The first-order chi connectivity index (χ1) is 12.0. The molecule has 2 aromatic rings. The fourth-order valence-corrected chi connectivity index (χ4v) is 1.70. The summed E-state index contributed by atoms with van der Waals surface area (Å²) < 4.78 is 4.83. The molecule has 0 heterocycles. The number of esters is 1. The minimum atomic E-state index is -1.72. The SMILES string of the molecule is CC(=O)Oc1ccc(C)cc1.CC(=O)c1cc(C)ccc1O.[Cl][Al]([Cl])[Cl]. The van der Waals surface area contributed by atoms with Crippen LogP contribution >= 0.6 is 30.1 Å². The number of phenols is 1. The van der Waals surface area contributed by atoms with Crippen LogP contribution in [-0.2, 0) is 4.79 Å². The van der Waals surface area contributed by atoms with Crippen LogP contribution in [0.4, 0.5) is 0 Å². The van der Waals surface area contributed by atoms with E-state index in [0.29, 0.717) is 11.3 Å². The quantitative estimate of drug-likeness (QED) is 0.293. The lowest BCUT2D eigenvalue weighted by molar-refractivity contribution is -0.131. The molecule has 0 atom stereocenters. The standard InChI is InChI=1S/2C9H10O2.Al.3ClH/c1-7-3-5-9(6-4-7)11-8(2)10;1-6-3-4-9(11)8(5-6)7(2)10;;;;/h3-6H,1-2H3;3-5,11H,1-2H3;;3*1H/q;;+3;;;/p-3. The van der Waals surface area contributed by atoms with E-state index in [1.165, 1.54) is 19.9 Å². The summed E-state index contributed by atoms with van der Waals surface area (Å²) >= 11 is -1.72. The molecule has 0 unspecified atom stereocenters. The van der Waals surface area contributed by atoms with E-state index in [0.717, 1.165) is 11.1 Å². The van der Waals surface area contributed by atoms with Crippen molar-refractivity contribution in [2.75, 3.05) is 0 Å². The minimum absolute atomic E-state index is 0.0584. The van der Waals surface area contributed by atoms with Gasteiger partial charge in [-0.2, -0.15) is 0 Å². The molecule has 26 heavy (non-hydrogen) atoms. The maximum absolute atomic E-state index is 10.9. The van der Waals surface area contributed by atoms with Gasteiger partial charge in [0.1, 0.15) is 11.5 Å². The summed E-state index contributed by atoms with van der Waals surface area (Å²) in [5.74, 6) is 0.270. The maximum Gasteiger partial charge on any atom is 0.643 e. The normalized spacial score (nSPS) is 9.04. The van der Waals surface area contributed by atoms with Crippen LogP contribution in [0.15, 0.2) is 42.5 Å². The molecular weight excluding hydrogens is 414 g/mol. The van der Waals surface area contributed by atoms with Crippen LogP contribution in [0, 0.1) is 13.8 Å². The van der Waals surface area contributed by atoms with Gasteiger partial charge in [-0.3, -0.25) is 9.59 Å². The van der Waals surface area contributed by atoms with Crippen LogP contribution in [0.3, 0.4) is 0 Å². The number of aryl methyl sites for hydroxylation is 2. The number of hydrogen-bond acceptors (Lipinski definition) is 4. The Balaban J connectivity index is 0.000000401. The van der Waals surface area contributed by atoms with Gasteiger partial charge in [-0.05, 0) is 45.0 Å². The Morgan fingerprint density at radius 2 is 1.38 bits per heavy atom. The summed E-state index contributed by atoms with van der Waals surface area (Å²) in [6.45, 7) is 6.69. The molecule has 0 saturated carbocycles. The molecule has 0 spiro atoms. The van der Waals surface area contributed by atoms with E-state index in [9.17, 15) is 14.7 Å². The molecule has 4 nitrogen and oxygen atoms in total. The number of carbonyl (C=O) groups is 2. The zero-order valence-corrected chi connectivity index (χ0v) is 18.3. The lowest BCUT2D eigenvalue weighted by atomic mass is 10.1. The molecule has 8 heteroatoms. The monoisotopic (exact) mass is 432 g/mol. The number of ketones is 1. The van der Waals surface area contributed by atoms with Crippen molar-refractivity contribution >= 4 is 53.3 Å². The molecule has 0 bridgehead atoms. The third-order valence-corrected chi connectivity index (χ3v) is 2.81. The lowest BCUT2D eigenvalue weighted by Crippen LogP contribution is -2.00. The molecule has 140 valence electrons. The molecule has 0 saturated heterocycles. The zero-order chi connectivity index (χ0) is 20.3. The van der Waals surface area contributed by atoms with Crippen LogP contribution in [0.5, 0.6) is 11.5 Å². The summed E-state index contributed by atoms with van der Waals surface area (Å²) in [5.41, 5.74) is 2.53. The Morgan fingerprint density at radius 3 is 1.77 bits per heavy atom. The molecule has 0 fully saturated rings. The van der Waals surface area contributed by atoms with Gasteiger partial charge < -0.3 is 9.84 Å². The smallest absolute Gasteiger partial charge is 0.507 e. The maximum atomic E-state index is 10.9. The van der Waals surface area contributed by atoms with E-state index in [2.05, 4.69) is 0 Å². The third kappa shape index (κ3) is 12.2. The first-order valence-electron chi connectivity index (χ1n) is 7.50. The second kappa shape index (κ2) is 13.0. The molecule has 1 N–H and O–H groups in total. The van der Waals surface area contributed by atoms with Crippen LogP contribution in [0.1, 0.15) is 35.3 Å². The number of ether oxygens (including phenoxy) is 1. The fraction of sp³-hybridized carbons (Fsp3) is 0.222. The summed E-state index contributed by atoms with van der Waals surface area (Å²) in [5, 5.41) is 9.18. The first kappa shape index (κ1) is 24.8. The van der Waals surface area contributed by atoms with Crippen molar-refractivity contribution in [3.8, 4) is 11.5 Å². The second-order valence-corrected chi connectivity index (χ2v) is 11.7. The fourth-order valence-electron chi connectivity index (χ4n) is 1.70. The number of benzene rings is 2. The van der Waals surface area contributed by atoms with Gasteiger partial charge in [-0.15, -0.1) is 0 Å². The van der Waals surface area contributed by atoms with Gasteiger partial charge in [0, 0.05) is 6.92 Å². The number of hydrogen-bond donors (Lipinski definition) is 1. The Hall–Kier alpha value is -1.22. The van der Waals surface area contributed by atoms with Crippen molar-refractivity contribution in [3.63, 3.8) is 0 Å². The average Bonchev–Trinajstić information content (AvgIpc) is 2.51. The van der Waals surface area contributed by atoms with Gasteiger partial charge in [0.25, 0.3) is 0 Å². The van der Waals surface area contributed by atoms with Crippen molar-refractivity contribution in [1.82, 2.24) is 0 Å². The summed E-state index contributed by atoms with van der Waals surface area (Å²) in [6.07, 6.45) is 0. The van der Waals surface area contributed by atoms with Crippen LogP contribution in [-0.4, -0.2) is 28.2 Å². The third-order valence-electron chi connectivity index (χ3n) is 2.81. The van der Waals surface area contributed by atoms with E-state index in [1.807, 2.05) is 26.0 Å². The van der Waals surface area contributed by atoms with Crippen molar-refractivity contribution in [3.05, 3.63) is 59.2 Å². The van der Waals surface area contributed by atoms with Crippen LogP contribution in [0.25, 0.3) is 0 Å². The molecule has 2 rings (SSSR count). The molecule has 0 amide bonds. The average molecular weight is 434 g/mol. The highest BCUT2D eigenvalue weighted by atomic mass is 35.8. The molecule has 0 aliphatic heterocycles. The molecule has 2 aromatic carbocycles. The van der Waals surface area contributed by atoms with Gasteiger partial charge in [0.15, 0.2) is 5.78 Å². The van der Waals surface area contributed by atoms with E-state index in [4.69, 9.17) is 34.9 Å². The van der Waals surface area contributed by atoms with Gasteiger partial charge >= 0.3 is 17.4 Å². The van der Waals surface area contributed by atoms with E-state index in [-0.39, 0.29) is 17.5 Å². The number of Topliss-reactive ketones (excluding diaryl/α,β-unsaturated/α-hetero) is 1. The van der Waals surface area contributed by atoms with Gasteiger partial charge in [0.2, 0.25) is 0 Å². The van der Waals surface area contributed by atoms with Crippen LogP contribution < -0.4 is 4.74 Å². The number of halogens is 3.